The summed E-state index contributed by atoms with van der Waals surface area (Å²) in [6.45, 7) is 0.819. The third kappa shape index (κ3) is 1.85. The summed E-state index contributed by atoms with van der Waals surface area (Å²) in [5.41, 5.74) is 3.03. The van der Waals surface area contributed by atoms with E-state index in [0.29, 0.717) is 5.88 Å². The zero-order valence-corrected chi connectivity index (χ0v) is 10.5. The van der Waals surface area contributed by atoms with Gasteiger partial charge in [0.15, 0.2) is 0 Å². The summed E-state index contributed by atoms with van der Waals surface area (Å²) in [4.78, 5) is 6.42. The third-order valence-corrected chi connectivity index (χ3v) is 3.50. The average Bonchev–Trinajstić information content (AvgIpc) is 2.81. The SMILES string of the molecule is Fc1ccc2c(c1)N(c1ncccc1CCl)CC2. The predicted molar refractivity (Wildman–Crippen MR) is 70.9 cm³/mol. The highest BCUT2D eigenvalue weighted by Crippen LogP contribution is 2.35. The number of fused-ring (bicyclic) bond motifs is 1. The summed E-state index contributed by atoms with van der Waals surface area (Å²) in [7, 11) is 0. The van der Waals surface area contributed by atoms with Crippen LogP contribution in [0, 0.1) is 5.82 Å². The second-order valence-electron chi connectivity index (χ2n) is 4.29. The molecule has 18 heavy (non-hydrogen) atoms. The van der Waals surface area contributed by atoms with Crippen molar-refractivity contribution in [2.24, 2.45) is 0 Å². The quantitative estimate of drug-likeness (QED) is 0.768. The van der Waals surface area contributed by atoms with Crippen molar-refractivity contribution in [3.05, 3.63) is 53.5 Å². The number of benzene rings is 1. The van der Waals surface area contributed by atoms with Gasteiger partial charge in [0.2, 0.25) is 0 Å². The average molecular weight is 263 g/mol. The van der Waals surface area contributed by atoms with E-state index >= 15 is 0 Å². The first kappa shape index (κ1) is 11.5. The molecule has 0 saturated carbocycles. The van der Waals surface area contributed by atoms with Crippen LogP contribution in [-0.4, -0.2) is 11.5 Å². The minimum atomic E-state index is -0.219. The van der Waals surface area contributed by atoms with Gasteiger partial charge in [-0.15, -0.1) is 11.6 Å². The van der Waals surface area contributed by atoms with Crippen molar-refractivity contribution in [1.82, 2.24) is 4.98 Å². The van der Waals surface area contributed by atoms with Crippen molar-refractivity contribution in [3.63, 3.8) is 0 Å². The van der Waals surface area contributed by atoms with E-state index in [1.165, 1.54) is 6.07 Å². The van der Waals surface area contributed by atoms with Crippen molar-refractivity contribution >= 4 is 23.1 Å². The first-order valence-electron chi connectivity index (χ1n) is 5.85. The van der Waals surface area contributed by atoms with Crippen LogP contribution >= 0.6 is 11.6 Å². The number of pyridine rings is 1. The van der Waals surface area contributed by atoms with Crippen LogP contribution < -0.4 is 4.90 Å². The Morgan fingerprint density at radius 2 is 2.22 bits per heavy atom. The summed E-state index contributed by atoms with van der Waals surface area (Å²) in [5.74, 6) is 1.02. The highest BCUT2D eigenvalue weighted by Gasteiger charge is 2.23. The molecule has 0 bridgehead atoms. The van der Waals surface area contributed by atoms with Crippen LogP contribution in [0.3, 0.4) is 0 Å². The monoisotopic (exact) mass is 262 g/mol. The fraction of sp³-hybridized carbons (Fsp3) is 0.214. The minimum absolute atomic E-state index is 0.219. The topological polar surface area (TPSA) is 16.1 Å². The van der Waals surface area contributed by atoms with Crippen LogP contribution in [0.1, 0.15) is 11.1 Å². The van der Waals surface area contributed by atoms with Crippen molar-refractivity contribution in [2.45, 2.75) is 12.3 Å². The normalized spacial score (nSPS) is 13.8. The van der Waals surface area contributed by atoms with Gasteiger partial charge in [0.1, 0.15) is 11.6 Å². The van der Waals surface area contributed by atoms with Gasteiger partial charge in [-0.2, -0.15) is 0 Å². The Morgan fingerprint density at radius 1 is 1.33 bits per heavy atom. The molecule has 92 valence electrons. The Morgan fingerprint density at radius 3 is 3.06 bits per heavy atom. The smallest absolute Gasteiger partial charge is 0.137 e. The van der Waals surface area contributed by atoms with Crippen molar-refractivity contribution in [1.29, 1.82) is 0 Å². The Balaban J connectivity index is 2.08. The molecule has 0 spiro atoms. The molecule has 0 atom stereocenters. The fourth-order valence-corrected chi connectivity index (χ4v) is 2.56. The summed E-state index contributed by atoms with van der Waals surface area (Å²) >= 11 is 5.93. The molecule has 0 unspecified atom stereocenters. The first-order valence-corrected chi connectivity index (χ1v) is 6.39. The zero-order valence-electron chi connectivity index (χ0n) is 9.74. The highest BCUT2D eigenvalue weighted by atomic mass is 35.5. The molecule has 1 aliphatic heterocycles. The Kier molecular flexibility index (Phi) is 2.92. The van der Waals surface area contributed by atoms with Gasteiger partial charge in [-0.3, -0.25) is 0 Å². The van der Waals surface area contributed by atoms with Gasteiger partial charge in [-0.05, 0) is 30.2 Å². The summed E-state index contributed by atoms with van der Waals surface area (Å²) in [6.07, 6.45) is 2.65. The largest absolute Gasteiger partial charge is 0.325 e. The van der Waals surface area contributed by atoms with Crippen molar-refractivity contribution in [2.75, 3.05) is 11.4 Å². The lowest BCUT2D eigenvalue weighted by Gasteiger charge is -2.20. The zero-order chi connectivity index (χ0) is 12.5. The van der Waals surface area contributed by atoms with Crippen LogP contribution in [0.5, 0.6) is 0 Å². The lowest BCUT2D eigenvalue weighted by Crippen LogP contribution is -2.16. The molecule has 1 aromatic carbocycles. The molecular weight excluding hydrogens is 251 g/mol. The summed E-state index contributed by atoms with van der Waals surface area (Å²) in [5, 5.41) is 0. The number of aromatic nitrogens is 1. The number of halogens is 2. The second-order valence-corrected chi connectivity index (χ2v) is 4.56. The van der Waals surface area contributed by atoms with E-state index in [1.807, 2.05) is 23.1 Å². The molecular formula is C14H12ClFN2. The molecule has 2 aromatic rings. The second kappa shape index (κ2) is 4.58. The standard InChI is InChI=1S/C14H12ClFN2/c15-9-11-2-1-6-17-14(11)18-7-5-10-3-4-12(16)8-13(10)18/h1-4,6,8H,5,7,9H2. The summed E-state index contributed by atoms with van der Waals surface area (Å²) in [6, 6.07) is 8.72. The van der Waals surface area contributed by atoms with Crippen LogP contribution in [0.15, 0.2) is 36.5 Å². The van der Waals surface area contributed by atoms with Gasteiger partial charge in [-0.25, -0.2) is 9.37 Å². The molecule has 4 heteroatoms. The lowest BCUT2D eigenvalue weighted by molar-refractivity contribution is 0.628. The maximum absolute atomic E-state index is 13.4. The van der Waals surface area contributed by atoms with E-state index < -0.39 is 0 Å². The summed E-state index contributed by atoms with van der Waals surface area (Å²) < 4.78 is 13.4. The molecule has 1 aromatic heterocycles. The van der Waals surface area contributed by atoms with Gasteiger partial charge < -0.3 is 4.90 Å². The van der Waals surface area contributed by atoms with E-state index in [-0.39, 0.29) is 5.82 Å². The molecule has 0 radical (unpaired) electrons. The van der Waals surface area contributed by atoms with E-state index in [4.69, 9.17) is 11.6 Å². The van der Waals surface area contributed by atoms with Crippen LogP contribution in [0.2, 0.25) is 0 Å². The molecule has 2 heterocycles. The molecule has 0 amide bonds. The van der Waals surface area contributed by atoms with Crippen molar-refractivity contribution < 1.29 is 4.39 Å². The van der Waals surface area contributed by atoms with Gasteiger partial charge in [-0.1, -0.05) is 12.1 Å². The van der Waals surface area contributed by atoms with E-state index in [0.717, 1.165) is 35.6 Å². The third-order valence-electron chi connectivity index (χ3n) is 3.21. The van der Waals surface area contributed by atoms with Gasteiger partial charge in [0, 0.05) is 24.0 Å². The molecule has 0 saturated heterocycles. The molecule has 0 N–H and O–H groups in total. The maximum atomic E-state index is 13.4. The van der Waals surface area contributed by atoms with Crippen LogP contribution in [-0.2, 0) is 12.3 Å². The fourth-order valence-electron chi connectivity index (χ4n) is 2.35. The van der Waals surface area contributed by atoms with Gasteiger partial charge >= 0.3 is 0 Å². The number of alkyl halides is 1. The lowest BCUT2D eigenvalue weighted by atomic mass is 10.1. The number of hydrogen-bond donors (Lipinski definition) is 0. The highest BCUT2D eigenvalue weighted by molar-refractivity contribution is 6.17. The first-order chi connectivity index (χ1) is 8.79. The molecule has 0 aliphatic carbocycles. The van der Waals surface area contributed by atoms with Gasteiger partial charge in [0.05, 0.1) is 5.88 Å². The van der Waals surface area contributed by atoms with Crippen LogP contribution in [0.25, 0.3) is 0 Å². The number of anilines is 2. The molecule has 0 fully saturated rings. The number of hydrogen-bond acceptors (Lipinski definition) is 2. The number of nitrogens with zero attached hydrogens (tertiary/aromatic N) is 2. The Labute approximate surface area is 110 Å². The minimum Gasteiger partial charge on any atom is -0.325 e. The maximum Gasteiger partial charge on any atom is 0.137 e. The predicted octanol–water partition coefficient (Wildman–Crippen LogP) is 3.65. The molecule has 3 rings (SSSR count). The van der Waals surface area contributed by atoms with Crippen molar-refractivity contribution in [3.8, 4) is 0 Å². The molecule has 1 aliphatic rings. The van der Waals surface area contributed by atoms with E-state index in [9.17, 15) is 4.39 Å². The van der Waals surface area contributed by atoms with E-state index in [1.54, 1.807) is 12.3 Å². The molecule has 2 nitrogen and oxygen atoms in total. The Hall–Kier alpha value is -1.61. The number of rotatable bonds is 2. The van der Waals surface area contributed by atoms with Crippen LogP contribution in [0.4, 0.5) is 15.9 Å². The Bertz CT molecular complexity index is 586. The van der Waals surface area contributed by atoms with Gasteiger partial charge in [0.25, 0.3) is 0 Å². The van der Waals surface area contributed by atoms with E-state index in [2.05, 4.69) is 4.98 Å².